The van der Waals surface area contributed by atoms with E-state index in [0.29, 0.717) is 137 Å². The van der Waals surface area contributed by atoms with Crippen LogP contribution < -0.4 is 10.1 Å². The molecule has 20 rings (SSSR count). The molecule has 1 amide bonds. The van der Waals surface area contributed by atoms with Crippen molar-refractivity contribution in [3.05, 3.63) is 61.1 Å². The highest BCUT2D eigenvalue weighted by Gasteiger charge is 2.68. The number of fused-ring (bicyclic) bond motifs is 20. The molecule has 5 N–H and O–H groups in total. The van der Waals surface area contributed by atoms with Crippen LogP contribution in [0.1, 0.15) is 338 Å². The molecule has 0 spiro atoms. The number of aryl methyl sites for hydroxylation is 2. The van der Waals surface area contributed by atoms with Crippen molar-refractivity contribution in [2.75, 3.05) is 46.5 Å². The van der Waals surface area contributed by atoms with Gasteiger partial charge in [0.05, 0.1) is 111 Å². The predicted octanol–water partition coefficient (Wildman–Crippen LogP) is 20.5. The number of amides is 1. The van der Waals surface area contributed by atoms with Gasteiger partial charge in [0, 0.05) is 76.6 Å². The van der Waals surface area contributed by atoms with E-state index in [-0.39, 0.29) is 63.9 Å². The lowest BCUT2D eigenvalue weighted by atomic mass is 9.43. The van der Waals surface area contributed by atoms with Gasteiger partial charge >= 0.3 is 0 Å². The van der Waals surface area contributed by atoms with Gasteiger partial charge in [0.2, 0.25) is 5.91 Å². The van der Waals surface area contributed by atoms with Crippen LogP contribution in [0.4, 0.5) is 5.82 Å². The molecule has 0 saturated heterocycles. The summed E-state index contributed by atoms with van der Waals surface area (Å²) in [4.78, 5) is 73.7. The van der Waals surface area contributed by atoms with Crippen LogP contribution in [0.15, 0.2) is 49.7 Å². The zero-order chi connectivity index (χ0) is 95.5. The van der Waals surface area contributed by atoms with Crippen LogP contribution in [-0.2, 0) is 64.4 Å². The summed E-state index contributed by atoms with van der Waals surface area (Å²) >= 11 is 0. The molecule has 16 saturated carbocycles. The van der Waals surface area contributed by atoms with Crippen molar-refractivity contribution >= 4 is 34.9 Å². The number of ether oxygens (including phenoxy) is 4. The normalized spacial score (nSPS) is 44.2. The molecular weight excluding hydrogens is 1680 g/mol. The lowest BCUT2D eigenvalue weighted by Gasteiger charge is -2.62. The fraction of sp³-hybridized carbons (Fsp3) is 0.848. The van der Waals surface area contributed by atoms with Gasteiger partial charge in [-0.3, -0.25) is 33.3 Å². The second-order valence-electron chi connectivity index (χ2n) is 50.9. The van der Waals surface area contributed by atoms with Crippen LogP contribution in [0, 0.1) is 176 Å². The first-order valence-electron chi connectivity index (χ1n) is 54.0. The number of aliphatic hydroxyl groups is 4. The van der Waals surface area contributed by atoms with Crippen molar-refractivity contribution in [2.45, 2.75) is 396 Å². The first-order valence-corrected chi connectivity index (χ1v) is 54.0. The number of carbonyl (C=O) groups is 5. The summed E-state index contributed by atoms with van der Waals surface area (Å²) in [5, 5.41) is 55.9. The maximum atomic E-state index is 13.5. The molecule has 0 unspecified atom stereocenters. The number of anilines is 1. The average molecular weight is 1860 g/mol. The van der Waals surface area contributed by atoms with Crippen LogP contribution in [0.25, 0.3) is 0 Å². The van der Waals surface area contributed by atoms with Gasteiger partial charge < -0.3 is 53.8 Å². The highest BCUT2D eigenvalue weighted by atomic mass is 16.5. The average Bonchev–Trinajstić information content (AvgIpc) is 1.35. The topological polar surface area (TPSA) is 286 Å². The number of nitrogens with zero attached hydrogens (tertiary/aromatic N) is 8. The zero-order valence-corrected chi connectivity index (χ0v) is 85.6. The highest BCUT2D eigenvalue weighted by Crippen LogP contribution is 2.74. The Morgan fingerprint density at radius 2 is 0.731 bits per heavy atom. The number of imidazole rings is 2. The summed E-state index contributed by atoms with van der Waals surface area (Å²) in [6, 6.07) is 1.75. The summed E-state index contributed by atoms with van der Waals surface area (Å²) in [7, 11) is 5.11. The fourth-order valence-electron chi connectivity index (χ4n) is 37.0. The molecule has 22 nitrogen and oxygen atoms in total. The number of hydrogen-bond donors (Lipinski definition) is 5. The van der Waals surface area contributed by atoms with Gasteiger partial charge in [-0.25, -0.2) is 9.97 Å². The van der Waals surface area contributed by atoms with E-state index < -0.39 is 22.4 Å². The highest BCUT2D eigenvalue weighted by molar-refractivity contribution is 5.88. The molecule has 16 fully saturated rings. The lowest BCUT2D eigenvalue weighted by molar-refractivity contribution is -0.164. The van der Waals surface area contributed by atoms with Gasteiger partial charge in [0.15, 0.2) is 34.7 Å². The van der Waals surface area contributed by atoms with E-state index in [1.165, 1.54) is 122 Å². The number of hydrogen-bond acceptors (Lipinski definition) is 17. The zero-order valence-electron chi connectivity index (χ0n) is 85.6. The molecule has 16 aliphatic carbocycles. The maximum absolute atomic E-state index is 13.5. The Morgan fingerprint density at radius 3 is 1.04 bits per heavy atom. The number of rotatable bonds is 23. The molecule has 746 valence electrons. The lowest BCUT2D eigenvalue weighted by Crippen LogP contribution is -2.56. The molecule has 0 aliphatic heterocycles. The van der Waals surface area contributed by atoms with Crippen LogP contribution in [0.3, 0.4) is 0 Å². The van der Waals surface area contributed by atoms with Gasteiger partial charge in [-0.05, 0) is 403 Å². The first-order chi connectivity index (χ1) is 63.5. The van der Waals surface area contributed by atoms with Gasteiger partial charge in [0.25, 0.3) is 0 Å². The minimum atomic E-state index is -0.646. The Labute approximate surface area is 803 Å². The van der Waals surface area contributed by atoms with Crippen LogP contribution in [0.2, 0.25) is 0 Å². The SMILES string of the molecule is CCC[C@@]1(O)CC[C@@]2(C)[C@@H](CC[C@@H]3[C@@H]2CC[C@]2(C)[C@@H](C(=O)Cn4ccc(NC(C)=O)n4)CC[C@@H]32)C1.COC[C@@]1(O)CC[C@@]2(C)[C@@H](CC[C@@H]3[C@@H]2CC[C@]2(C)[C@@H](C(=O)Cn4cc(OC(C)C)cn4)CC[C@@H]32)C1.COC[C@@]1(O)CC[C@@]2(C)[C@@H](CC[C@@H]3[C@@H]2CC[C@]2(C)[C@@H](C(=O)Cn4cnc(C)c4)CC[C@@H]32)C1.COC[C@@]1(O)CC[C@@]2(C)[C@@H](CC[C@@H]3[C@@H]2CC[C@]2(C)[C@@H](C(=O)Cn4cnc(C)c4)CC[C@@H]32)C1. The number of methoxy groups -OCH3 is 3. The van der Waals surface area contributed by atoms with Gasteiger partial charge in [0.1, 0.15) is 0 Å². The van der Waals surface area contributed by atoms with E-state index in [0.717, 1.165) is 193 Å². The van der Waals surface area contributed by atoms with Crippen LogP contribution in [-0.4, -0.2) is 158 Å². The largest absolute Gasteiger partial charge is 0.488 e. The fourth-order valence-corrected chi connectivity index (χ4v) is 37.0. The Balaban J connectivity index is 0.000000124. The van der Waals surface area contributed by atoms with Crippen LogP contribution in [0.5, 0.6) is 5.75 Å². The van der Waals surface area contributed by atoms with Crippen LogP contribution >= 0.6 is 0 Å². The standard InChI is InChI=1S/C29H45N3O3.C29H46N2O4.2C27H42N2O3/c1-5-12-29(35)15-14-27(3)20(17-29)6-7-21-22-8-9-24(28(22,4)13-10-23(21)27)25(34)18-32-16-11-26(31-32)30-19(2)33;1-19(2)35-21-15-30-31(16-21)17-26(32)25-9-8-23-22-7-6-20-14-29(33,18-34-5)13-12-27(20,3)24(22)10-11-28(23,25)4;2*1-18-14-29(17-28-18)15-24(30)23-8-7-21-20-6-5-19-13-27(31,16-32-4)12-11-25(19,2)22(20)9-10-26(21,23)3/h11,16,20-24,35H,5-10,12-15,17-18H2,1-4H3,(H,30,31,33);15-16,19-20,22-25,33H,6-14,17-18H2,1-5H3;2*14,17,19-23,31H,5-13,15-16H2,1-4H3/t20-,21-,22-,23-,24+,27-,28-,29+;20-,22-,23-,24-,25+,27-,28-,29+;2*19-,20-,21-,22-,23+,25-,26-,27+/m0000/s1. The third kappa shape index (κ3) is 18.7. The number of carbonyl (C=O) groups excluding carboxylic acids is 5. The summed E-state index contributed by atoms with van der Waals surface area (Å²) in [6.07, 6.45) is 55.3. The van der Waals surface area contributed by atoms with E-state index in [1.54, 1.807) is 61.8 Å². The molecule has 0 bridgehead atoms. The van der Waals surface area contributed by atoms with Crippen molar-refractivity contribution in [1.82, 2.24) is 38.7 Å². The number of aromatic nitrogens is 8. The van der Waals surface area contributed by atoms with E-state index >= 15 is 0 Å². The molecule has 134 heavy (non-hydrogen) atoms. The van der Waals surface area contributed by atoms with Crippen molar-refractivity contribution in [3.8, 4) is 5.75 Å². The van der Waals surface area contributed by atoms with E-state index in [4.69, 9.17) is 18.9 Å². The van der Waals surface area contributed by atoms with E-state index in [9.17, 15) is 44.4 Å². The number of Topliss-reactive ketones (excluding diaryl/α,β-unsaturated/α-hetero) is 4. The van der Waals surface area contributed by atoms with Crippen molar-refractivity contribution in [3.63, 3.8) is 0 Å². The second kappa shape index (κ2) is 38.4. The maximum Gasteiger partial charge on any atom is 0.222 e. The first kappa shape index (κ1) is 100. The Bertz CT molecular complexity index is 4660. The summed E-state index contributed by atoms with van der Waals surface area (Å²) in [5.41, 5.74) is 1.44. The second-order valence-corrected chi connectivity index (χ2v) is 50.9. The Kier molecular flexibility index (Phi) is 28.7. The molecule has 4 aromatic heterocycles. The summed E-state index contributed by atoms with van der Waals surface area (Å²) in [6.45, 7) is 34.4. The molecule has 32 atom stereocenters. The smallest absolute Gasteiger partial charge is 0.222 e. The van der Waals surface area contributed by atoms with E-state index in [2.05, 4.69) is 87.8 Å². The number of nitrogens with one attached hydrogen (secondary N) is 1. The van der Waals surface area contributed by atoms with Gasteiger partial charge in [-0.1, -0.05) is 68.7 Å². The predicted molar refractivity (Wildman–Crippen MR) is 520 cm³/mol. The molecular formula is C112H175N9O13. The molecule has 22 heteroatoms. The van der Waals surface area contributed by atoms with E-state index in [1.807, 2.05) is 55.4 Å². The van der Waals surface area contributed by atoms with Crippen molar-refractivity contribution in [2.24, 2.45) is 162 Å². The quantitative estimate of drug-likeness (QED) is 0.0461. The minimum Gasteiger partial charge on any atom is -0.488 e. The Morgan fingerprint density at radius 1 is 0.410 bits per heavy atom. The molecule has 4 aromatic rings. The summed E-state index contributed by atoms with van der Waals surface area (Å²) < 4.78 is 29.2. The van der Waals surface area contributed by atoms with Gasteiger partial charge in [-0.15, -0.1) is 0 Å². The molecule has 0 radical (unpaired) electrons. The Hall–Kier alpha value is -5.49. The minimum absolute atomic E-state index is 0.0900. The van der Waals surface area contributed by atoms with Crippen molar-refractivity contribution < 1.29 is 63.3 Å². The monoisotopic (exact) mass is 1850 g/mol. The number of ketones is 4. The molecule has 0 aromatic carbocycles. The van der Waals surface area contributed by atoms with Crippen molar-refractivity contribution in [1.29, 1.82) is 0 Å². The molecule has 16 aliphatic rings. The molecule has 4 heterocycles. The summed E-state index contributed by atoms with van der Waals surface area (Å²) in [5.74, 6) is 14.1. The third-order valence-corrected chi connectivity index (χ3v) is 43.6. The van der Waals surface area contributed by atoms with Gasteiger partial charge in [-0.2, -0.15) is 10.2 Å². The third-order valence-electron chi connectivity index (χ3n) is 43.6.